The molecule has 0 radical (unpaired) electrons. The van der Waals surface area contributed by atoms with Crippen molar-refractivity contribution in [2.24, 2.45) is 10.9 Å². The molecule has 2 rings (SSSR count). The van der Waals surface area contributed by atoms with Crippen LogP contribution < -0.4 is 20.3 Å². The topological polar surface area (TPSA) is 48.9 Å². The van der Waals surface area contributed by atoms with Crippen LogP contribution in [-0.4, -0.2) is 45.8 Å². The molecule has 23 heavy (non-hydrogen) atoms. The van der Waals surface area contributed by atoms with Crippen LogP contribution in [0.15, 0.2) is 29.3 Å². The molecule has 1 aromatic rings. The van der Waals surface area contributed by atoms with E-state index in [-0.39, 0.29) is 24.0 Å². The van der Waals surface area contributed by atoms with E-state index in [1.807, 2.05) is 12.1 Å². The van der Waals surface area contributed by atoms with Crippen molar-refractivity contribution in [3.05, 3.63) is 24.3 Å². The molecule has 2 N–H and O–H groups in total. The molecule has 1 fully saturated rings. The summed E-state index contributed by atoms with van der Waals surface area (Å²) in [5.74, 6) is 2.46. The molecule has 1 aliphatic rings. The molecule has 0 aromatic heterocycles. The smallest absolute Gasteiger partial charge is 0.191 e. The number of hydrogen-bond donors (Lipinski definition) is 2. The molecule has 1 heterocycles. The van der Waals surface area contributed by atoms with E-state index >= 15 is 0 Å². The van der Waals surface area contributed by atoms with E-state index in [0.717, 1.165) is 44.4 Å². The Morgan fingerprint density at radius 1 is 1.26 bits per heavy atom. The van der Waals surface area contributed by atoms with Crippen LogP contribution in [0.25, 0.3) is 0 Å². The molecule has 0 aliphatic carbocycles. The number of ether oxygens (including phenoxy) is 1. The van der Waals surface area contributed by atoms with Gasteiger partial charge in [0.25, 0.3) is 0 Å². The van der Waals surface area contributed by atoms with Gasteiger partial charge in [-0.3, -0.25) is 4.99 Å². The molecule has 130 valence electrons. The molecule has 6 heteroatoms. The van der Waals surface area contributed by atoms with E-state index in [4.69, 9.17) is 9.73 Å². The highest BCUT2D eigenvalue weighted by Gasteiger charge is 2.24. The first-order chi connectivity index (χ1) is 10.8. The number of benzene rings is 1. The summed E-state index contributed by atoms with van der Waals surface area (Å²) in [5.41, 5.74) is 1.19. The number of para-hydroxylation sites is 2. The van der Waals surface area contributed by atoms with Gasteiger partial charge in [-0.15, -0.1) is 24.0 Å². The summed E-state index contributed by atoms with van der Waals surface area (Å²) in [6.07, 6.45) is 1.17. The van der Waals surface area contributed by atoms with E-state index in [9.17, 15) is 0 Å². The number of halogens is 1. The van der Waals surface area contributed by atoms with E-state index in [0.29, 0.717) is 5.92 Å². The first-order valence-electron chi connectivity index (χ1n) is 8.18. The Hall–Kier alpha value is -1.18. The summed E-state index contributed by atoms with van der Waals surface area (Å²) in [6, 6.07) is 8.24. The standard InChI is InChI=1S/C17H28N4O.HI/c1-4-18-17(19-5-2)20-12-14-10-11-21(13-14)15-8-6-7-9-16(15)22-3;/h6-9,14H,4-5,10-13H2,1-3H3,(H2,18,19,20);1H. The number of hydrogen-bond acceptors (Lipinski definition) is 3. The first-order valence-corrected chi connectivity index (χ1v) is 8.18. The minimum Gasteiger partial charge on any atom is -0.495 e. The van der Waals surface area contributed by atoms with Crippen LogP contribution in [0, 0.1) is 5.92 Å². The molecule has 1 aromatic carbocycles. The van der Waals surface area contributed by atoms with Crippen LogP contribution in [0.4, 0.5) is 5.69 Å². The van der Waals surface area contributed by atoms with Gasteiger partial charge in [0.05, 0.1) is 12.8 Å². The molecular formula is C17H29IN4O. The van der Waals surface area contributed by atoms with Gasteiger partial charge in [0, 0.05) is 32.7 Å². The number of methoxy groups -OCH3 is 1. The lowest BCUT2D eigenvalue weighted by atomic mass is 10.1. The third kappa shape index (κ3) is 5.75. The zero-order chi connectivity index (χ0) is 15.8. The lowest BCUT2D eigenvalue weighted by Gasteiger charge is -2.21. The molecule has 1 atom stereocenters. The molecule has 0 spiro atoms. The minimum absolute atomic E-state index is 0. The minimum atomic E-state index is 0. The van der Waals surface area contributed by atoms with Gasteiger partial charge in [-0.05, 0) is 38.3 Å². The quantitative estimate of drug-likeness (QED) is 0.413. The molecule has 1 saturated heterocycles. The van der Waals surface area contributed by atoms with E-state index in [1.54, 1.807) is 7.11 Å². The second-order valence-electron chi connectivity index (χ2n) is 5.52. The lowest BCUT2D eigenvalue weighted by molar-refractivity contribution is 0.414. The summed E-state index contributed by atoms with van der Waals surface area (Å²) < 4.78 is 5.47. The third-order valence-electron chi connectivity index (χ3n) is 3.91. The normalized spacial score (nSPS) is 16.5. The molecule has 0 bridgehead atoms. The SMILES string of the molecule is CCNC(=NCC1CCN(c2ccccc2OC)C1)NCC.I. The fourth-order valence-electron chi connectivity index (χ4n) is 2.82. The van der Waals surface area contributed by atoms with Gasteiger partial charge >= 0.3 is 0 Å². The van der Waals surface area contributed by atoms with Crippen molar-refractivity contribution in [2.75, 3.05) is 44.7 Å². The molecule has 1 aliphatic heterocycles. The number of guanidine groups is 1. The zero-order valence-corrected chi connectivity index (χ0v) is 16.7. The molecule has 0 amide bonds. The van der Waals surface area contributed by atoms with Crippen LogP contribution >= 0.6 is 24.0 Å². The van der Waals surface area contributed by atoms with Crippen LogP contribution in [0.1, 0.15) is 20.3 Å². The van der Waals surface area contributed by atoms with Gasteiger partial charge in [0.2, 0.25) is 0 Å². The van der Waals surface area contributed by atoms with Gasteiger partial charge in [-0.25, -0.2) is 0 Å². The van der Waals surface area contributed by atoms with Crippen molar-refractivity contribution in [1.82, 2.24) is 10.6 Å². The number of nitrogens with one attached hydrogen (secondary N) is 2. The van der Waals surface area contributed by atoms with E-state index in [1.165, 1.54) is 12.1 Å². The highest BCUT2D eigenvalue weighted by molar-refractivity contribution is 14.0. The van der Waals surface area contributed by atoms with Crippen LogP contribution in [0.3, 0.4) is 0 Å². The first kappa shape index (κ1) is 19.9. The highest BCUT2D eigenvalue weighted by atomic mass is 127. The summed E-state index contributed by atoms with van der Waals surface area (Å²) in [7, 11) is 1.73. The predicted octanol–water partition coefficient (Wildman–Crippen LogP) is 2.71. The molecule has 1 unspecified atom stereocenters. The molecule has 0 saturated carbocycles. The summed E-state index contributed by atoms with van der Waals surface area (Å²) in [4.78, 5) is 7.09. The van der Waals surface area contributed by atoms with Gasteiger partial charge in [0.15, 0.2) is 5.96 Å². The van der Waals surface area contributed by atoms with Crippen molar-refractivity contribution in [2.45, 2.75) is 20.3 Å². The Morgan fingerprint density at radius 2 is 1.96 bits per heavy atom. The van der Waals surface area contributed by atoms with Gasteiger partial charge in [0.1, 0.15) is 5.75 Å². The number of nitrogens with zero attached hydrogens (tertiary/aromatic N) is 2. The predicted molar refractivity (Wildman–Crippen MR) is 108 cm³/mol. The Kier molecular flexibility index (Phi) is 9.13. The van der Waals surface area contributed by atoms with Crippen molar-refractivity contribution in [3.63, 3.8) is 0 Å². The van der Waals surface area contributed by atoms with Crippen molar-refractivity contribution in [3.8, 4) is 5.75 Å². The van der Waals surface area contributed by atoms with Gasteiger partial charge < -0.3 is 20.3 Å². The Balaban J connectivity index is 0.00000264. The van der Waals surface area contributed by atoms with Crippen molar-refractivity contribution < 1.29 is 4.74 Å². The number of rotatable bonds is 6. The van der Waals surface area contributed by atoms with Crippen LogP contribution in [0.5, 0.6) is 5.75 Å². The van der Waals surface area contributed by atoms with E-state index < -0.39 is 0 Å². The lowest BCUT2D eigenvalue weighted by Crippen LogP contribution is -2.37. The van der Waals surface area contributed by atoms with Gasteiger partial charge in [-0.2, -0.15) is 0 Å². The largest absolute Gasteiger partial charge is 0.495 e. The molecule has 5 nitrogen and oxygen atoms in total. The maximum absolute atomic E-state index is 5.47. The Bertz CT molecular complexity index is 487. The average molecular weight is 432 g/mol. The maximum Gasteiger partial charge on any atom is 0.191 e. The number of anilines is 1. The maximum atomic E-state index is 5.47. The van der Waals surface area contributed by atoms with Crippen molar-refractivity contribution in [1.29, 1.82) is 0 Å². The fourth-order valence-corrected chi connectivity index (χ4v) is 2.82. The summed E-state index contributed by atoms with van der Waals surface area (Å²) in [5, 5.41) is 6.55. The average Bonchev–Trinajstić information content (AvgIpc) is 3.02. The summed E-state index contributed by atoms with van der Waals surface area (Å²) >= 11 is 0. The highest BCUT2D eigenvalue weighted by Crippen LogP contribution is 2.31. The van der Waals surface area contributed by atoms with Crippen LogP contribution in [-0.2, 0) is 0 Å². The van der Waals surface area contributed by atoms with Crippen molar-refractivity contribution >= 4 is 35.6 Å². The third-order valence-corrected chi connectivity index (χ3v) is 3.91. The monoisotopic (exact) mass is 432 g/mol. The zero-order valence-electron chi connectivity index (χ0n) is 14.3. The second-order valence-corrected chi connectivity index (χ2v) is 5.52. The Labute approximate surface area is 156 Å². The molecular weight excluding hydrogens is 403 g/mol. The van der Waals surface area contributed by atoms with E-state index in [2.05, 4.69) is 41.5 Å². The summed E-state index contributed by atoms with van der Waals surface area (Å²) in [6.45, 7) is 8.93. The van der Waals surface area contributed by atoms with Gasteiger partial charge in [-0.1, -0.05) is 12.1 Å². The second kappa shape index (κ2) is 10.6. The Morgan fingerprint density at radius 3 is 2.61 bits per heavy atom. The number of aliphatic imine (C=N–C) groups is 1. The fraction of sp³-hybridized carbons (Fsp3) is 0.588. The van der Waals surface area contributed by atoms with Crippen LogP contribution in [0.2, 0.25) is 0 Å².